The summed E-state index contributed by atoms with van der Waals surface area (Å²) in [5, 5.41) is 17.3. The van der Waals surface area contributed by atoms with E-state index >= 15 is 0 Å². The summed E-state index contributed by atoms with van der Waals surface area (Å²) < 4.78 is 5.21. The van der Waals surface area contributed by atoms with Crippen molar-refractivity contribution in [2.45, 2.75) is 0 Å². The van der Waals surface area contributed by atoms with Gasteiger partial charge in [-0.25, -0.2) is 10.2 Å². The van der Waals surface area contributed by atoms with Crippen molar-refractivity contribution in [3.05, 3.63) is 99.1 Å². The lowest BCUT2D eigenvalue weighted by atomic mass is 10.2. The monoisotopic (exact) mass is 466 g/mol. The topological polar surface area (TPSA) is 140 Å². The molecule has 33 heavy (non-hydrogen) atoms. The Hall–Kier alpha value is -4.57. The molecule has 3 aromatic carbocycles. The average Bonchev–Trinajstić information content (AvgIpc) is 2.81. The molecule has 0 heterocycles. The zero-order valence-electron chi connectivity index (χ0n) is 16.7. The first kappa shape index (κ1) is 23.1. The van der Waals surface area contributed by atoms with E-state index in [9.17, 15) is 24.5 Å². The maximum Gasteiger partial charge on any atom is 0.343 e. The SMILES string of the molecule is O=C(N/N=C/c1ccc(OC(=O)c2ccc([N+](=O)[O-])cc2)cc1)C(=O)Nc1ccc(Cl)cc1. The van der Waals surface area contributed by atoms with Crippen molar-refractivity contribution >= 4 is 47.0 Å². The van der Waals surface area contributed by atoms with Gasteiger partial charge < -0.3 is 10.1 Å². The van der Waals surface area contributed by atoms with E-state index in [-0.39, 0.29) is 17.0 Å². The molecule has 0 atom stereocenters. The molecule has 0 radical (unpaired) electrons. The van der Waals surface area contributed by atoms with Gasteiger partial charge in [-0.2, -0.15) is 5.10 Å². The van der Waals surface area contributed by atoms with E-state index in [0.717, 1.165) is 0 Å². The summed E-state index contributed by atoms with van der Waals surface area (Å²) in [4.78, 5) is 45.9. The third-order valence-corrected chi connectivity index (χ3v) is 4.34. The molecular formula is C22H15ClN4O6. The standard InChI is InChI=1S/C22H15ClN4O6/c23-16-5-7-17(8-6-16)25-20(28)21(29)26-24-13-14-1-11-19(12-2-14)33-22(30)15-3-9-18(10-4-15)27(31)32/h1-13H,(H,25,28)(H,26,29)/b24-13+. The van der Waals surface area contributed by atoms with Gasteiger partial charge in [-0.05, 0) is 66.2 Å². The second-order valence-electron chi connectivity index (χ2n) is 6.42. The Kier molecular flexibility index (Phi) is 7.45. The normalized spacial score (nSPS) is 10.5. The van der Waals surface area contributed by atoms with Gasteiger partial charge in [0.25, 0.3) is 5.69 Å². The van der Waals surface area contributed by atoms with E-state index in [1.807, 2.05) is 0 Å². The molecule has 0 aliphatic rings. The smallest absolute Gasteiger partial charge is 0.343 e. The zero-order valence-corrected chi connectivity index (χ0v) is 17.5. The molecule has 3 aromatic rings. The minimum absolute atomic E-state index is 0.134. The Morgan fingerprint density at radius 2 is 1.55 bits per heavy atom. The van der Waals surface area contributed by atoms with E-state index in [0.29, 0.717) is 16.3 Å². The summed E-state index contributed by atoms with van der Waals surface area (Å²) in [6.45, 7) is 0. The summed E-state index contributed by atoms with van der Waals surface area (Å²) in [5.74, 6) is -2.30. The fraction of sp³-hybridized carbons (Fsp3) is 0. The number of nitrogens with one attached hydrogen (secondary N) is 2. The number of halogens is 1. The largest absolute Gasteiger partial charge is 0.423 e. The van der Waals surface area contributed by atoms with Gasteiger partial charge in [-0.15, -0.1) is 0 Å². The molecule has 0 spiro atoms. The highest BCUT2D eigenvalue weighted by Crippen LogP contribution is 2.16. The van der Waals surface area contributed by atoms with Crippen LogP contribution in [-0.2, 0) is 9.59 Å². The van der Waals surface area contributed by atoms with Gasteiger partial charge in [-0.1, -0.05) is 11.6 Å². The number of hydrogen-bond donors (Lipinski definition) is 2. The van der Waals surface area contributed by atoms with Gasteiger partial charge in [-0.3, -0.25) is 19.7 Å². The molecule has 11 heteroatoms. The number of nitro benzene ring substituents is 1. The number of non-ortho nitro benzene ring substituents is 1. The van der Waals surface area contributed by atoms with Crippen LogP contribution in [0, 0.1) is 10.1 Å². The number of hydrazone groups is 1. The van der Waals surface area contributed by atoms with Crippen LogP contribution in [0.1, 0.15) is 15.9 Å². The number of rotatable bonds is 6. The fourth-order valence-electron chi connectivity index (χ4n) is 2.44. The Balaban J connectivity index is 1.50. The molecular weight excluding hydrogens is 452 g/mol. The molecule has 0 aliphatic heterocycles. The lowest BCUT2D eigenvalue weighted by molar-refractivity contribution is -0.384. The first-order valence-corrected chi connectivity index (χ1v) is 9.66. The molecule has 0 saturated heterocycles. The van der Waals surface area contributed by atoms with Crippen LogP contribution < -0.4 is 15.5 Å². The minimum Gasteiger partial charge on any atom is -0.423 e. The maximum atomic E-state index is 12.1. The number of esters is 1. The van der Waals surface area contributed by atoms with Crippen molar-refractivity contribution in [3.63, 3.8) is 0 Å². The summed E-state index contributed by atoms with van der Waals surface area (Å²) >= 11 is 5.76. The van der Waals surface area contributed by atoms with Crippen molar-refractivity contribution in [1.29, 1.82) is 0 Å². The zero-order chi connectivity index (χ0) is 23.8. The van der Waals surface area contributed by atoms with Crippen molar-refractivity contribution < 1.29 is 24.0 Å². The maximum absolute atomic E-state index is 12.1. The van der Waals surface area contributed by atoms with Crippen LogP contribution in [0.15, 0.2) is 77.9 Å². The Morgan fingerprint density at radius 3 is 2.15 bits per heavy atom. The van der Waals surface area contributed by atoms with Gasteiger partial charge in [0.2, 0.25) is 0 Å². The number of carbonyl (C=O) groups is 3. The molecule has 0 fully saturated rings. The first-order chi connectivity index (χ1) is 15.8. The van der Waals surface area contributed by atoms with Crippen LogP contribution in [0.2, 0.25) is 5.02 Å². The van der Waals surface area contributed by atoms with E-state index < -0.39 is 22.7 Å². The van der Waals surface area contributed by atoms with Crippen LogP contribution in [0.4, 0.5) is 11.4 Å². The number of amides is 2. The highest BCUT2D eigenvalue weighted by atomic mass is 35.5. The van der Waals surface area contributed by atoms with Crippen molar-refractivity contribution in [2.24, 2.45) is 5.10 Å². The predicted octanol–water partition coefficient (Wildman–Crippen LogP) is 3.56. The third-order valence-electron chi connectivity index (χ3n) is 4.09. The van der Waals surface area contributed by atoms with E-state index in [1.54, 1.807) is 36.4 Å². The lowest BCUT2D eigenvalue weighted by Gasteiger charge is -2.05. The molecule has 2 N–H and O–H groups in total. The van der Waals surface area contributed by atoms with Crippen molar-refractivity contribution in [3.8, 4) is 5.75 Å². The van der Waals surface area contributed by atoms with Gasteiger partial charge in [0.15, 0.2) is 0 Å². The fourth-order valence-corrected chi connectivity index (χ4v) is 2.57. The Morgan fingerprint density at radius 1 is 0.909 bits per heavy atom. The van der Waals surface area contributed by atoms with Gasteiger partial charge >= 0.3 is 17.8 Å². The van der Waals surface area contributed by atoms with Gasteiger partial charge in [0.1, 0.15) is 5.75 Å². The quantitative estimate of drug-likeness (QED) is 0.142. The number of nitro groups is 1. The van der Waals surface area contributed by atoms with Crippen molar-refractivity contribution in [2.75, 3.05) is 5.32 Å². The number of benzene rings is 3. The Labute approximate surface area is 192 Å². The second-order valence-corrected chi connectivity index (χ2v) is 6.86. The predicted molar refractivity (Wildman–Crippen MR) is 120 cm³/mol. The van der Waals surface area contributed by atoms with E-state index in [1.165, 1.54) is 42.6 Å². The molecule has 3 rings (SSSR count). The molecule has 0 unspecified atom stereocenters. The number of carbonyl (C=O) groups excluding carboxylic acids is 3. The van der Waals surface area contributed by atoms with Gasteiger partial charge in [0.05, 0.1) is 16.7 Å². The first-order valence-electron chi connectivity index (χ1n) is 9.28. The molecule has 2 amide bonds. The summed E-state index contributed by atoms with van der Waals surface area (Å²) in [7, 11) is 0. The van der Waals surface area contributed by atoms with Crippen LogP contribution >= 0.6 is 11.6 Å². The third kappa shape index (κ3) is 6.71. The highest BCUT2D eigenvalue weighted by molar-refractivity contribution is 6.39. The van der Waals surface area contributed by atoms with E-state index in [2.05, 4.69) is 15.8 Å². The van der Waals surface area contributed by atoms with Crippen LogP contribution in [-0.4, -0.2) is 28.9 Å². The number of hydrogen-bond acceptors (Lipinski definition) is 7. The summed E-state index contributed by atoms with van der Waals surface area (Å²) in [5.41, 5.74) is 3.09. The van der Waals surface area contributed by atoms with Crippen LogP contribution in [0.25, 0.3) is 0 Å². The average molecular weight is 467 g/mol. The number of nitrogens with zero attached hydrogens (tertiary/aromatic N) is 2. The van der Waals surface area contributed by atoms with Crippen LogP contribution in [0.5, 0.6) is 5.75 Å². The molecule has 10 nitrogen and oxygen atoms in total. The summed E-state index contributed by atoms with van der Waals surface area (Å²) in [6.07, 6.45) is 1.30. The van der Waals surface area contributed by atoms with E-state index in [4.69, 9.17) is 16.3 Å². The highest BCUT2D eigenvalue weighted by Gasteiger charge is 2.13. The minimum atomic E-state index is -0.963. The van der Waals surface area contributed by atoms with Gasteiger partial charge in [0, 0.05) is 22.8 Å². The molecule has 166 valence electrons. The lowest BCUT2D eigenvalue weighted by Crippen LogP contribution is -2.32. The van der Waals surface area contributed by atoms with Crippen molar-refractivity contribution in [1.82, 2.24) is 5.43 Å². The number of ether oxygens (including phenoxy) is 1. The number of anilines is 1. The molecule has 0 bridgehead atoms. The summed E-state index contributed by atoms with van der Waals surface area (Å²) in [6, 6.07) is 17.4. The molecule has 0 saturated carbocycles. The molecule has 0 aromatic heterocycles. The molecule has 0 aliphatic carbocycles. The van der Waals surface area contributed by atoms with Crippen LogP contribution in [0.3, 0.4) is 0 Å². The second kappa shape index (κ2) is 10.6. The Bertz CT molecular complexity index is 1210.